The smallest absolute Gasteiger partial charge is 0.232 e. The van der Waals surface area contributed by atoms with E-state index >= 15 is 0 Å². The molecule has 0 unspecified atom stereocenters. The Bertz CT molecular complexity index is 385. The van der Waals surface area contributed by atoms with Gasteiger partial charge in [0.2, 0.25) is 5.91 Å². The molecule has 1 aromatic carbocycles. The lowest BCUT2D eigenvalue weighted by atomic mass is 10.1. The molecule has 1 heterocycles. The fourth-order valence-electron chi connectivity index (χ4n) is 2.05. The average Bonchev–Trinajstić information content (AvgIpc) is 2.46. The van der Waals surface area contributed by atoms with E-state index in [1.165, 1.54) is 6.42 Å². The molecule has 18 heavy (non-hydrogen) atoms. The summed E-state index contributed by atoms with van der Waals surface area (Å²) in [5, 5.41) is 0. The van der Waals surface area contributed by atoms with Crippen LogP contribution in [0.5, 0.6) is 5.75 Å². The minimum Gasteiger partial charge on any atom is -0.497 e. The lowest BCUT2D eigenvalue weighted by Gasteiger charge is -2.26. The van der Waals surface area contributed by atoms with Crippen LogP contribution in [0.2, 0.25) is 0 Å². The van der Waals surface area contributed by atoms with Crippen molar-refractivity contribution in [2.45, 2.75) is 24.2 Å². The van der Waals surface area contributed by atoms with E-state index in [9.17, 15) is 4.79 Å². The number of thioether (sulfide) groups is 1. The first kappa shape index (κ1) is 13.3. The Morgan fingerprint density at radius 2 is 1.89 bits per heavy atom. The van der Waals surface area contributed by atoms with E-state index in [-0.39, 0.29) is 5.91 Å². The lowest BCUT2D eigenvalue weighted by molar-refractivity contribution is -0.129. The minimum atomic E-state index is 0.260. The van der Waals surface area contributed by atoms with Crippen LogP contribution in [0.4, 0.5) is 0 Å². The number of hydrogen-bond donors (Lipinski definition) is 0. The number of carbonyl (C=O) groups excluding carboxylic acids is 1. The monoisotopic (exact) mass is 265 g/mol. The molecule has 1 aliphatic rings. The summed E-state index contributed by atoms with van der Waals surface area (Å²) in [5.74, 6) is 1.64. The fraction of sp³-hybridized carbons (Fsp3) is 0.500. The molecule has 2 rings (SSSR count). The third-order valence-electron chi connectivity index (χ3n) is 3.13. The summed E-state index contributed by atoms with van der Waals surface area (Å²) in [4.78, 5) is 15.1. The van der Waals surface area contributed by atoms with Crippen molar-refractivity contribution in [3.8, 4) is 5.75 Å². The molecule has 1 amide bonds. The molecule has 0 atom stereocenters. The topological polar surface area (TPSA) is 29.5 Å². The van der Waals surface area contributed by atoms with Crippen LogP contribution >= 0.6 is 11.8 Å². The van der Waals surface area contributed by atoms with Gasteiger partial charge in [-0.1, -0.05) is 0 Å². The van der Waals surface area contributed by atoms with Crippen LogP contribution in [-0.4, -0.2) is 36.8 Å². The quantitative estimate of drug-likeness (QED) is 0.784. The highest BCUT2D eigenvalue weighted by Gasteiger charge is 2.16. The fourth-order valence-corrected chi connectivity index (χ4v) is 2.85. The van der Waals surface area contributed by atoms with Crippen molar-refractivity contribution in [2.24, 2.45) is 0 Å². The van der Waals surface area contributed by atoms with E-state index in [0.29, 0.717) is 5.75 Å². The van der Waals surface area contributed by atoms with Crippen LogP contribution in [-0.2, 0) is 4.79 Å². The highest BCUT2D eigenvalue weighted by atomic mass is 32.2. The second-order valence-electron chi connectivity index (χ2n) is 4.41. The summed E-state index contributed by atoms with van der Waals surface area (Å²) in [7, 11) is 1.65. The normalized spacial score (nSPS) is 15.5. The van der Waals surface area contributed by atoms with Gasteiger partial charge in [0.05, 0.1) is 12.9 Å². The number of nitrogens with zero attached hydrogens (tertiary/aromatic N) is 1. The summed E-state index contributed by atoms with van der Waals surface area (Å²) >= 11 is 1.59. The highest BCUT2D eigenvalue weighted by molar-refractivity contribution is 8.00. The number of carbonyl (C=O) groups is 1. The Balaban J connectivity index is 1.80. The van der Waals surface area contributed by atoms with Gasteiger partial charge in [-0.2, -0.15) is 0 Å². The first-order valence-electron chi connectivity index (χ1n) is 6.34. The van der Waals surface area contributed by atoms with Gasteiger partial charge in [0.1, 0.15) is 5.75 Å². The number of methoxy groups -OCH3 is 1. The molecule has 0 aromatic heterocycles. The molecule has 0 radical (unpaired) electrons. The van der Waals surface area contributed by atoms with Gasteiger partial charge in [-0.15, -0.1) is 11.8 Å². The van der Waals surface area contributed by atoms with Crippen molar-refractivity contribution in [1.82, 2.24) is 4.90 Å². The van der Waals surface area contributed by atoms with Crippen LogP contribution in [0.15, 0.2) is 29.2 Å². The second kappa shape index (κ2) is 6.69. The predicted molar refractivity (Wildman–Crippen MR) is 74.1 cm³/mol. The van der Waals surface area contributed by atoms with Gasteiger partial charge in [0, 0.05) is 18.0 Å². The number of likely N-dealkylation sites (tertiary alicyclic amines) is 1. The van der Waals surface area contributed by atoms with Gasteiger partial charge in [-0.05, 0) is 43.5 Å². The van der Waals surface area contributed by atoms with Crippen LogP contribution < -0.4 is 4.74 Å². The van der Waals surface area contributed by atoms with E-state index < -0.39 is 0 Å². The third kappa shape index (κ3) is 3.67. The van der Waals surface area contributed by atoms with Crippen LogP contribution in [0.3, 0.4) is 0 Å². The molecule has 98 valence electrons. The first-order valence-corrected chi connectivity index (χ1v) is 7.33. The number of amides is 1. The zero-order valence-electron chi connectivity index (χ0n) is 10.7. The number of piperidine rings is 1. The molecule has 4 heteroatoms. The van der Waals surface area contributed by atoms with Gasteiger partial charge in [0.15, 0.2) is 0 Å². The molecule has 0 aliphatic carbocycles. The van der Waals surface area contributed by atoms with Gasteiger partial charge in [-0.3, -0.25) is 4.79 Å². The molecule has 3 nitrogen and oxygen atoms in total. The third-order valence-corrected chi connectivity index (χ3v) is 4.13. The van der Waals surface area contributed by atoms with Gasteiger partial charge >= 0.3 is 0 Å². The molecule has 0 saturated carbocycles. The van der Waals surface area contributed by atoms with Crippen molar-refractivity contribution in [3.63, 3.8) is 0 Å². The summed E-state index contributed by atoms with van der Waals surface area (Å²) < 4.78 is 5.11. The maximum absolute atomic E-state index is 12.0. The SMILES string of the molecule is COc1ccc(SCC(=O)N2CCCCC2)cc1. The van der Waals surface area contributed by atoms with Gasteiger partial charge < -0.3 is 9.64 Å². The molecule has 1 fully saturated rings. The molecule has 1 saturated heterocycles. The number of hydrogen-bond acceptors (Lipinski definition) is 3. The minimum absolute atomic E-state index is 0.260. The van der Waals surface area contributed by atoms with Crippen LogP contribution in [0.25, 0.3) is 0 Å². The first-order chi connectivity index (χ1) is 8.79. The van der Waals surface area contributed by atoms with Crippen molar-refractivity contribution in [2.75, 3.05) is 26.0 Å². The standard InChI is InChI=1S/C14H19NO2S/c1-17-12-5-7-13(8-6-12)18-11-14(16)15-9-3-2-4-10-15/h5-8H,2-4,9-11H2,1H3. The molecular formula is C14H19NO2S. The van der Waals surface area contributed by atoms with Gasteiger partial charge in [0.25, 0.3) is 0 Å². The molecule has 0 N–H and O–H groups in total. The molecule has 0 spiro atoms. The Hall–Kier alpha value is -1.16. The Morgan fingerprint density at radius 1 is 1.22 bits per heavy atom. The summed E-state index contributed by atoms with van der Waals surface area (Å²) in [5.41, 5.74) is 0. The van der Waals surface area contributed by atoms with E-state index in [0.717, 1.165) is 36.6 Å². The summed E-state index contributed by atoms with van der Waals surface area (Å²) in [6.07, 6.45) is 3.56. The molecule has 1 aliphatic heterocycles. The Labute approximate surface area is 113 Å². The van der Waals surface area contributed by atoms with E-state index in [2.05, 4.69) is 0 Å². The highest BCUT2D eigenvalue weighted by Crippen LogP contribution is 2.22. The second-order valence-corrected chi connectivity index (χ2v) is 5.45. The Morgan fingerprint density at radius 3 is 2.50 bits per heavy atom. The number of benzene rings is 1. The molecule has 1 aromatic rings. The van der Waals surface area contributed by atoms with Crippen molar-refractivity contribution in [3.05, 3.63) is 24.3 Å². The largest absolute Gasteiger partial charge is 0.497 e. The number of ether oxygens (including phenoxy) is 1. The van der Waals surface area contributed by atoms with E-state index in [1.807, 2.05) is 29.2 Å². The molecule has 0 bridgehead atoms. The molecular weight excluding hydrogens is 246 g/mol. The van der Waals surface area contributed by atoms with Crippen molar-refractivity contribution in [1.29, 1.82) is 0 Å². The van der Waals surface area contributed by atoms with Gasteiger partial charge in [-0.25, -0.2) is 0 Å². The Kier molecular flexibility index (Phi) is 4.93. The number of rotatable bonds is 4. The van der Waals surface area contributed by atoms with Crippen molar-refractivity contribution >= 4 is 17.7 Å². The van der Waals surface area contributed by atoms with Crippen molar-refractivity contribution < 1.29 is 9.53 Å². The lowest BCUT2D eigenvalue weighted by Crippen LogP contribution is -2.36. The zero-order valence-corrected chi connectivity index (χ0v) is 11.5. The van der Waals surface area contributed by atoms with Crippen LogP contribution in [0, 0.1) is 0 Å². The van der Waals surface area contributed by atoms with E-state index in [4.69, 9.17) is 4.74 Å². The zero-order chi connectivity index (χ0) is 12.8. The summed E-state index contributed by atoms with van der Waals surface area (Å²) in [6, 6.07) is 7.83. The maximum atomic E-state index is 12.0. The predicted octanol–water partition coefficient (Wildman–Crippen LogP) is 2.80. The summed E-state index contributed by atoms with van der Waals surface area (Å²) in [6.45, 7) is 1.87. The average molecular weight is 265 g/mol. The van der Waals surface area contributed by atoms with E-state index in [1.54, 1.807) is 18.9 Å². The maximum Gasteiger partial charge on any atom is 0.232 e. The van der Waals surface area contributed by atoms with Crippen LogP contribution in [0.1, 0.15) is 19.3 Å².